The highest BCUT2D eigenvalue weighted by atomic mass is 19.1. The lowest BCUT2D eigenvalue weighted by molar-refractivity contribution is 0.0635. The second kappa shape index (κ2) is 5.16. The van der Waals surface area contributed by atoms with Gasteiger partial charge in [0, 0.05) is 5.69 Å². The highest BCUT2D eigenvalue weighted by Gasteiger charge is 2.17. The Morgan fingerprint density at radius 1 is 1.39 bits per heavy atom. The van der Waals surface area contributed by atoms with Crippen LogP contribution in [-0.2, 0) is 4.74 Å². The lowest BCUT2D eigenvalue weighted by Gasteiger charge is -2.20. The van der Waals surface area contributed by atoms with Crippen molar-refractivity contribution in [3.63, 3.8) is 0 Å². The summed E-state index contributed by atoms with van der Waals surface area (Å²) < 4.78 is 18.4. The smallest absolute Gasteiger partial charge is 0.412 e. The highest BCUT2D eigenvalue weighted by Crippen LogP contribution is 2.20. The number of ether oxygens (including phenoxy) is 1. The SMILES string of the molecule is Cc1cc(C=O)c(F)cc1NC(=O)OC(C)(C)C. The van der Waals surface area contributed by atoms with Crippen LogP contribution in [0.25, 0.3) is 0 Å². The molecule has 1 N–H and O–H groups in total. The number of hydrogen-bond acceptors (Lipinski definition) is 3. The lowest BCUT2D eigenvalue weighted by Crippen LogP contribution is -2.27. The first-order chi connectivity index (χ1) is 8.23. The summed E-state index contributed by atoms with van der Waals surface area (Å²) in [7, 11) is 0. The molecule has 0 aliphatic carbocycles. The molecule has 0 aromatic heterocycles. The van der Waals surface area contributed by atoms with Crippen LogP contribution in [0.2, 0.25) is 0 Å². The van der Waals surface area contributed by atoms with Crippen molar-refractivity contribution in [2.24, 2.45) is 0 Å². The molecular formula is C13H16FNO3. The first-order valence-corrected chi connectivity index (χ1v) is 5.48. The van der Waals surface area contributed by atoms with E-state index < -0.39 is 17.5 Å². The number of carbonyl (C=O) groups excluding carboxylic acids is 2. The minimum absolute atomic E-state index is 0.0396. The molecule has 0 fully saturated rings. The topological polar surface area (TPSA) is 55.4 Å². The van der Waals surface area contributed by atoms with E-state index in [1.54, 1.807) is 27.7 Å². The van der Waals surface area contributed by atoms with Crippen LogP contribution in [0.3, 0.4) is 0 Å². The summed E-state index contributed by atoms with van der Waals surface area (Å²) in [5.74, 6) is -0.679. The van der Waals surface area contributed by atoms with Gasteiger partial charge in [-0.05, 0) is 45.4 Å². The zero-order valence-electron chi connectivity index (χ0n) is 10.8. The van der Waals surface area contributed by atoms with E-state index in [0.717, 1.165) is 6.07 Å². The number of rotatable bonds is 2. The molecule has 0 aliphatic heterocycles. The van der Waals surface area contributed by atoms with Gasteiger partial charge in [-0.1, -0.05) is 0 Å². The third-order valence-corrected chi connectivity index (χ3v) is 2.11. The number of aldehydes is 1. The van der Waals surface area contributed by atoms with E-state index in [4.69, 9.17) is 4.74 Å². The Balaban J connectivity index is 2.89. The predicted octanol–water partition coefficient (Wildman–Crippen LogP) is 3.29. The van der Waals surface area contributed by atoms with Crippen LogP contribution in [-0.4, -0.2) is 18.0 Å². The molecular weight excluding hydrogens is 237 g/mol. The van der Waals surface area contributed by atoms with E-state index in [0.29, 0.717) is 11.8 Å². The summed E-state index contributed by atoms with van der Waals surface area (Å²) in [4.78, 5) is 22.1. The number of amides is 1. The van der Waals surface area contributed by atoms with Gasteiger partial charge < -0.3 is 4.74 Å². The van der Waals surface area contributed by atoms with Gasteiger partial charge in [0.15, 0.2) is 6.29 Å². The number of benzene rings is 1. The summed E-state index contributed by atoms with van der Waals surface area (Å²) in [6, 6.07) is 2.47. The molecule has 0 radical (unpaired) electrons. The standard InChI is InChI=1S/C13H16FNO3/c1-8-5-9(7-16)10(14)6-11(8)15-12(17)18-13(2,3)4/h5-7H,1-4H3,(H,15,17). The first-order valence-electron chi connectivity index (χ1n) is 5.48. The molecule has 0 heterocycles. The van der Waals surface area contributed by atoms with Gasteiger partial charge in [-0.25, -0.2) is 9.18 Å². The van der Waals surface area contributed by atoms with E-state index in [-0.39, 0.29) is 11.3 Å². The quantitative estimate of drug-likeness (QED) is 0.823. The van der Waals surface area contributed by atoms with Crippen LogP contribution in [0.15, 0.2) is 12.1 Å². The van der Waals surface area contributed by atoms with Crippen molar-refractivity contribution in [1.29, 1.82) is 0 Å². The fraction of sp³-hybridized carbons (Fsp3) is 0.385. The summed E-state index contributed by atoms with van der Waals surface area (Å²) in [5.41, 5.74) is 0.207. The number of anilines is 1. The Kier molecular flexibility index (Phi) is 4.06. The summed E-state index contributed by atoms with van der Waals surface area (Å²) in [6.45, 7) is 6.86. The number of nitrogens with one attached hydrogen (secondary N) is 1. The molecule has 1 aromatic carbocycles. The Morgan fingerprint density at radius 3 is 2.50 bits per heavy atom. The number of halogens is 1. The molecule has 1 amide bonds. The molecule has 0 saturated heterocycles. The minimum atomic E-state index is -0.679. The molecule has 18 heavy (non-hydrogen) atoms. The fourth-order valence-corrected chi connectivity index (χ4v) is 1.34. The van der Waals surface area contributed by atoms with Crippen molar-refractivity contribution in [3.05, 3.63) is 29.1 Å². The zero-order chi connectivity index (χ0) is 13.9. The van der Waals surface area contributed by atoms with Crippen molar-refractivity contribution in [3.8, 4) is 0 Å². The Labute approximate surface area is 105 Å². The molecule has 0 spiro atoms. The first kappa shape index (κ1) is 14.2. The molecule has 0 aliphatic rings. The molecule has 1 aromatic rings. The monoisotopic (exact) mass is 253 g/mol. The second-order valence-corrected chi connectivity index (χ2v) is 4.93. The van der Waals surface area contributed by atoms with Crippen LogP contribution in [0.1, 0.15) is 36.7 Å². The Hall–Kier alpha value is -1.91. The number of carbonyl (C=O) groups is 2. The maximum atomic E-state index is 13.4. The van der Waals surface area contributed by atoms with Gasteiger partial charge in [0.25, 0.3) is 0 Å². The van der Waals surface area contributed by atoms with Crippen LogP contribution in [0.4, 0.5) is 14.9 Å². The van der Waals surface area contributed by atoms with E-state index in [1.165, 1.54) is 6.07 Å². The molecule has 0 atom stereocenters. The average Bonchev–Trinajstić information content (AvgIpc) is 2.20. The van der Waals surface area contributed by atoms with Gasteiger partial charge in [0.2, 0.25) is 0 Å². The Morgan fingerprint density at radius 2 is 2.00 bits per heavy atom. The van der Waals surface area contributed by atoms with Crippen LogP contribution >= 0.6 is 0 Å². The molecule has 0 saturated carbocycles. The van der Waals surface area contributed by atoms with E-state index in [2.05, 4.69) is 5.32 Å². The zero-order valence-corrected chi connectivity index (χ0v) is 10.8. The van der Waals surface area contributed by atoms with Crippen molar-refractivity contribution < 1.29 is 18.7 Å². The van der Waals surface area contributed by atoms with Gasteiger partial charge >= 0.3 is 6.09 Å². The molecule has 1 rings (SSSR count). The maximum absolute atomic E-state index is 13.4. The average molecular weight is 253 g/mol. The third kappa shape index (κ3) is 3.84. The van der Waals surface area contributed by atoms with E-state index in [9.17, 15) is 14.0 Å². The largest absolute Gasteiger partial charge is 0.444 e. The van der Waals surface area contributed by atoms with Crippen LogP contribution in [0.5, 0.6) is 0 Å². The molecule has 0 unspecified atom stereocenters. The molecule has 0 bridgehead atoms. The fourth-order valence-electron chi connectivity index (χ4n) is 1.34. The molecule has 4 nitrogen and oxygen atoms in total. The van der Waals surface area contributed by atoms with Crippen LogP contribution in [0, 0.1) is 12.7 Å². The molecule has 5 heteroatoms. The maximum Gasteiger partial charge on any atom is 0.412 e. The van der Waals surface area contributed by atoms with Crippen molar-refractivity contribution in [2.45, 2.75) is 33.3 Å². The summed E-state index contributed by atoms with van der Waals surface area (Å²) in [6.07, 6.45) is -0.233. The van der Waals surface area contributed by atoms with Gasteiger partial charge in [0.1, 0.15) is 11.4 Å². The van der Waals surface area contributed by atoms with Gasteiger partial charge in [-0.2, -0.15) is 0 Å². The minimum Gasteiger partial charge on any atom is -0.444 e. The number of aryl methyl sites for hydroxylation is 1. The highest BCUT2D eigenvalue weighted by molar-refractivity contribution is 5.87. The normalized spacial score (nSPS) is 10.9. The second-order valence-electron chi connectivity index (χ2n) is 4.93. The Bertz CT molecular complexity index is 478. The van der Waals surface area contributed by atoms with Gasteiger partial charge in [-0.15, -0.1) is 0 Å². The van der Waals surface area contributed by atoms with Crippen molar-refractivity contribution >= 4 is 18.1 Å². The van der Waals surface area contributed by atoms with Gasteiger partial charge in [0.05, 0.1) is 5.56 Å². The third-order valence-electron chi connectivity index (χ3n) is 2.11. The predicted molar refractivity (Wildman–Crippen MR) is 66.4 cm³/mol. The lowest BCUT2D eigenvalue weighted by atomic mass is 10.1. The number of hydrogen-bond donors (Lipinski definition) is 1. The van der Waals surface area contributed by atoms with Crippen LogP contribution < -0.4 is 5.32 Å². The van der Waals surface area contributed by atoms with Crippen molar-refractivity contribution in [2.75, 3.05) is 5.32 Å². The van der Waals surface area contributed by atoms with E-state index in [1.807, 2.05) is 0 Å². The molecule has 98 valence electrons. The summed E-state index contributed by atoms with van der Waals surface area (Å²) >= 11 is 0. The van der Waals surface area contributed by atoms with E-state index >= 15 is 0 Å². The summed E-state index contributed by atoms with van der Waals surface area (Å²) in [5, 5.41) is 2.44. The van der Waals surface area contributed by atoms with Crippen molar-refractivity contribution in [1.82, 2.24) is 0 Å². The van der Waals surface area contributed by atoms with Gasteiger partial charge in [-0.3, -0.25) is 10.1 Å².